The van der Waals surface area contributed by atoms with Crippen LogP contribution in [0.5, 0.6) is 17.5 Å². The van der Waals surface area contributed by atoms with Gasteiger partial charge in [-0.25, -0.2) is 4.98 Å². The highest BCUT2D eigenvalue weighted by atomic mass is 35.5. The molecule has 0 aliphatic rings. The maximum atomic E-state index is 12.8. The average Bonchev–Trinajstić information content (AvgIpc) is 3.20. The first kappa shape index (κ1) is 29.1. The molecule has 206 valence electrons. The number of aromatic nitrogens is 3. The van der Waals surface area contributed by atoms with Gasteiger partial charge in [0.15, 0.2) is 0 Å². The summed E-state index contributed by atoms with van der Waals surface area (Å²) in [5.74, 6) is -0.0720. The van der Waals surface area contributed by atoms with Gasteiger partial charge in [0.05, 0.1) is 31.2 Å². The Morgan fingerprint density at radius 3 is 2.50 bits per heavy atom. The maximum Gasteiger partial charge on any atom is 0.417 e. The van der Waals surface area contributed by atoms with Gasteiger partial charge in [-0.3, -0.25) is 9.48 Å². The molecule has 0 atom stereocenters. The highest BCUT2D eigenvalue weighted by Crippen LogP contribution is 2.33. The number of carbonyl (C=O) groups is 1. The number of ether oxygens (including phenoxy) is 3. The molecule has 0 fully saturated rings. The molecule has 0 amide bonds. The molecule has 2 aromatic heterocycles. The zero-order chi connectivity index (χ0) is 27.9. The molecule has 1 aromatic carbocycles. The van der Waals surface area contributed by atoms with Crippen LogP contribution in [0.3, 0.4) is 0 Å². The van der Waals surface area contributed by atoms with Gasteiger partial charge in [0.25, 0.3) is 0 Å². The maximum absolute atomic E-state index is 12.8. The molecular formula is C26H29ClF3N3O5. The Bertz CT molecular complexity index is 1250. The summed E-state index contributed by atoms with van der Waals surface area (Å²) < 4.78 is 57.4. The Hall–Kier alpha value is -3.47. The topological polar surface area (TPSA) is 95.7 Å². The van der Waals surface area contributed by atoms with Gasteiger partial charge in [-0.2, -0.15) is 13.2 Å². The minimum atomic E-state index is -4.55. The van der Waals surface area contributed by atoms with E-state index in [2.05, 4.69) is 10.1 Å². The van der Waals surface area contributed by atoms with Crippen LogP contribution in [0.25, 0.3) is 0 Å². The fraction of sp³-hybridized carbons (Fsp3) is 0.423. The Kier molecular flexibility index (Phi) is 9.84. The Labute approximate surface area is 223 Å². The summed E-state index contributed by atoms with van der Waals surface area (Å²) in [5, 5.41) is 13.5. The number of para-hydroxylation sites is 1. The lowest BCUT2D eigenvalue weighted by Gasteiger charge is -2.14. The fourth-order valence-corrected chi connectivity index (χ4v) is 3.86. The van der Waals surface area contributed by atoms with Crippen LogP contribution >= 0.6 is 11.6 Å². The van der Waals surface area contributed by atoms with Gasteiger partial charge in [0.2, 0.25) is 11.8 Å². The first-order chi connectivity index (χ1) is 18.0. The third-order valence-electron chi connectivity index (χ3n) is 5.36. The summed E-state index contributed by atoms with van der Waals surface area (Å²) in [6.45, 7) is 6.38. The normalized spacial score (nSPS) is 11.6. The quantitative estimate of drug-likeness (QED) is 0.292. The van der Waals surface area contributed by atoms with Crippen molar-refractivity contribution >= 4 is 17.6 Å². The lowest BCUT2D eigenvalue weighted by atomic mass is 10.0. The largest absolute Gasteiger partial charge is 0.491 e. The van der Waals surface area contributed by atoms with Gasteiger partial charge in [-0.05, 0) is 31.9 Å². The number of carboxylic acids is 1. The molecule has 12 heteroatoms. The van der Waals surface area contributed by atoms with Crippen molar-refractivity contribution in [3.8, 4) is 17.5 Å². The summed E-state index contributed by atoms with van der Waals surface area (Å²) in [4.78, 5) is 14.9. The number of pyridine rings is 1. The van der Waals surface area contributed by atoms with E-state index >= 15 is 0 Å². The molecule has 0 aliphatic carbocycles. The van der Waals surface area contributed by atoms with Crippen LogP contribution in [-0.4, -0.2) is 45.2 Å². The van der Waals surface area contributed by atoms with Crippen molar-refractivity contribution in [1.82, 2.24) is 14.8 Å². The van der Waals surface area contributed by atoms with Crippen LogP contribution in [-0.2, 0) is 36.8 Å². The number of halogens is 4. The van der Waals surface area contributed by atoms with Crippen molar-refractivity contribution in [2.45, 2.75) is 58.9 Å². The summed E-state index contributed by atoms with van der Waals surface area (Å²) in [6.07, 6.45) is -1.36. The van der Waals surface area contributed by atoms with E-state index in [9.17, 15) is 23.1 Å². The third-order valence-corrected chi connectivity index (χ3v) is 5.63. The van der Waals surface area contributed by atoms with Gasteiger partial charge in [-0.15, -0.1) is 5.10 Å². The van der Waals surface area contributed by atoms with Crippen LogP contribution in [0, 0.1) is 0 Å². The molecule has 0 saturated carbocycles. The van der Waals surface area contributed by atoms with E-state index in [-0.39, 0.29) is 36.6 Å². The van der Waals surface area contributed by atoms with Crippen LogP contribution in [0.2, 0.25) is 5.02 Å². The summed E-state index contributed by atoms with van der Waals surface area (Å²) in [7, 11) is 0. The molecule has 0 bridgehead atoms. The number of benzene rings is 1. The molecule has 0 aliphatic heterocycles. The van der Waals surface area contributed by atoms with Gasteiger partial charge < -0.3 is 19.3 Å². The molecule has 3 aromatic rings. The van der Waals surface area contributed by atoms with Crippen molar-refractivity contribution in [2.75, 3.05) is 13.2 Å². The second-order valence-corrected chi connectivity index (χ2v) is 9.08. The van der Waals surface area contributed by atoms with E-state index in [1.54, 1.807) is 16.9 Å². The molecule has 38 heavy (non-hydrogen) atoms. The van der Waals surface area contributed by atoms with E-state index in [1.807, 2.05) is 32.9 Å². The summed E-state index contributed by atoms with van der Waals surface area (Å²) in [6, 6.07) is 6.22. The first-order valence-corrected chi connectivity index (χ1v) is 12.4. The second kappa shape index (κ2) is 12.9. The monoisotopic (exact) mass is 555 g/mol. The van der Waals surface area contributed by atoms with Gasteiger partial charge in [0, 0.05) is 29.9 Å². The van der Waals surface area contributed by atoms with Crippen molar-refractivity contribution in [3.05, 3.63) is 63.9 Å². The summed E-state index contributed by atoms with van der Waals surface area (Å²) >= 11 is 5.91. The second-order valence-electron chi connectivity index (χ2n) is 8.67. The van der Waals surface area contributed by atoms with Crippen LogP contribution in [0.4, 0.5) is 13.2 Å². The Morgan fingerprint density at radius 1 is 1.13 bits per heavy atom. The average molecular weight is 556 g/mol. The number of hydrogen-bond donors (Lipinski definition) is 1. The third kappa shape index (κ3) is 8.01. The zero-order valence-corrected chi connectivity index (χ0v) is 22.0. The van der Waals surface area contributed by atoms with Crippen LogP contribution in [0.1, 0.15) is 43.0 Å². The molecule has 0 unspecified atom stereocenters. The predicted octanol–water partition coefficient (Wildman–Crippen LogP) is 5.63. The first-order valence-electron chi connectivity index (χ1n) is 12.0. The minimum absolute atomic E-state index is 0.0805. The van der Waals surface area contributed by atoms with Crippen LogP contribution in [0.15, 0.2) is 36.7 Å². The van der Waals surface area contributed by atoms with Crippen molar-refractivity contribution in [2.24, 2.45) is 0 Å². The number of alkyl halides is 3. The van der Waals surface area contributed by atoms with Crippen LogP contribution < -0.4 is 14.2 Å². The van der Waals surface area contributed by atoms with Gasteiger partial charge in [0.1, 0.15) is 17.4 Å². The SMILES string of the molecule is CCc1cccc(CC(=O)O)c1OCCn1cc(CCOc2ncc(C(F)(F)F)cc2Cl)c(OC(C)C)n1. The van der Waals surface area contributed by atoms with Gasteiger partial charge >= 0.3 is 12.1 Å². The van der Waals surface area contributed by atoms with E-state index in [4.69, 9.17) is 25.8 Å². The van der Waals surface area contributed by atoms with E-state index < -0.39 is 17.7 Å². The summed E-state index contributed by atoms with van der Waals surface area (Å²) in [5.41, 5.74) is 1.29. The predicted molar refractivity (Wildman–Crippen MR) is 134 cm³/mol. The Balaban J connectivity index is 1.66. The lowest BCUT2D eigenvalue weighted by molar-refractivity contribution is -0.138. The molecule has 0 spiro atoms. The molecule has 2 heterocycles. The smallest absolute Gasteiger partial charge is 0.417 e. The number of rotatable bonds is 13. The number of hydrogen-bond acceptors (Lipinski definition) is 6. The molecule has 0 saturated heterocycles. The molecule has 1 N–H and O–H groups in total. The molecule has 3 rings (SSSR count). The highest BCUT2D eigenvalue weighted by Gasteiger charge is 2.31. The van der Waals surface area contributed by atoms with Gasteiger partial charge in [-0.1, -0.05) is 36.7 Å². The Morgan fingerprint density at radius 2 is 1.87 bits per heavy atom. The van der Waals surface area contributed by atoms with E-state index in [1.165, 1.54) is 0 Å². The number of aryl methyl sites for hydroxylation is 1. The van der Waals surface area contributed by atoms with Crippen molar-refractivity contribution < 1.29 is 37.3 Å². The standard InChI is InChI=1S/C26H29ClF3N3O5/c1-4-17-6-5-7-18(12-22(34)35)23(17)36-11-9-33-15-19(24(32-33)38-16(2)3)8-10-37-25-21(27)13-20(14-31-25)26(28,29)30/h5-7,13-16H,4,8-12H2,1-3H3,(H,34,35). The fourth-order valence-electron chi connectivity index (χ4n) is 3.64. The minimum Gasteiger partial charge on any atom is -0.491 e. The number of nitrogens with zero attached hydrogens (tertiary/aromatic N) is 3. The molecular weight excluding hydrogens is 527 g/mol. The molecule has 8 nitrogen and oxygen atoms in total. The van der Waals surface area contributed by atoms with E-state index in [0.717, 1.165) is 17.2 Å². The molecule has 0 radical (unpaired) electrons. The van der Waals surface area contributed by atoms with Crippen molar-refractivity contribution in [3.63, 3.8) is 0 Å². The number of aliphatic carboxylic acids is 1. The van der Waals surface area contributed by atoms with Crippen molar-refractivity contribution in [1.29, 1.82) is 0 Å². The van der Waals surface area contributed by atoms with E-state index in [0.29, 0.717) is 42.8 Å². The zero-order valence-electron chi connectivity index (χ0n) is 21.2. The lowest BCUT2D eigenvalue weighted by Crippen LogP contribution is -2.12. The highest BCUT2D eigenvalue weighted by molar-refractivity contribution is 6.31. The number of carboxylic acid groups (broad SMARTS) is 1.